The molecule has 0 aliphatic rings. The van der Waals surface area contributed by atoms with Crippen molar-refractivity contribution in [1.82, 2.24) is 9.97 Å². The Bertz CT molecular complexity index is 663. The van der Waals surface area contributed by atoms with Crippen LogP contribution in [0.15, 0.2) is 54.2 Å². The lowest BCUT2D eigenvalue weighted by Gasteiger charge is -2.04. The summed E-state index contributed by atoms with van der Waals surface area (Å²) in [6, 6.07) is 12.2. The smallest absolute Gasteiger partial charge is 0.321 e. The van der Waals surface area contributed by atoms with E-state index in [1.54, 1.807) is 23.7 Å². The molecule has 0 fully saturated rings. The second-order valence-electron chi connectivity index (χ2n) is 4.15. The molecule has 0 N–H and O–H groups in total. The molecule has 2 heterocycles. The van der Waals surface area contributed by atoms with Crippen molar-refractivity contribution in [2.45, 2.75) is 6.92 Å². The van der Waals surface area contributed by atoms with E-state index < -0.39 is 0 Å². The molecule has 0 saturated carbocycles. The molecule has 3 rings (SSSR count). The van der Waals surface area contributed by atoms with Gasteiger partial charge in [-0.15, -0.1) is 11.3 Å². The minimum Gasteiger partial charge on any atom is -0.424 e. The molecule has 4 heteroatoms. The number of benzene rings is 1. The number of ether oxygens (including phenoxy) is 1. The number of hydrogen-bond donors (Lipinski definition) is 0. The van der Waals surface area contributed by atoms with Crippen molar-refractivity contribution in [3.63, 3.8) is 0 Å². The summed E-state index contributed by atoms with van der Waals surface area (Å²) in [6.07, 6.45) is 3.56. The highest BCUT2D eigenvalue weighted by molar-refractivity contribution is 7.13. The normalized spacial score (nSPS) is 10.4. The van der Waals surface area contributed by atoms with Crippen molar-refractivity contribution in [2.75, 3.05) is 0 Å². The van der Waals surface area contributed by atoms with Crippen LogP contribution in [0.25, 0.3) is 10.4 Å². The summed E-state index contributed by atoms with van der Waals surface area (Å²) in [5.41, 5.74) is 2.15. The number of nitrogens with zero attached hydrogens (tertiary/aromatic N) is 2. The van der Waals surface area contributed by atoms with Gasteiger partial charge in [-0.25, -0.2) is 9.97 Å². The third-order valence-electron chi connectivity index (χ3n) is 2.63. The molecule has 0 aliphatic carbocycles. The van der Waals surface area contributed by atoms with Gasteiger partial charge in [-0.05, 0) is 36.1 Å². The van der Waals surface area contributed by atoms with Gasteiger partial charge in [0.1, 0.15) is 5.75 Å². The van der Waals surface area contributed by atoms with E-state index in [0.29, 0.717) is 6.01 Å². The number of rotatable bonds is 3. The van der Waals surface area contributed by atoms with Crippen LogP contribution in [0.1, 0.15) is 5.56 Å². The Balaban J connectivity index is 1.80. The minimum atomic E-state index is 0.367. The van der Waals surface area contributed by atoms with Gasteiger partial charge < -0.3 is 4.74 Å². The van der Waals surface area contributed by atoms with Crippen LogP contribution in [0.4, 0.5) is 0 Å². The Morgan fingerprint density at radius 1 is 1.05 bits per heavy atom. The lowest BCUT2D eigenvalue weighted by Crippen LogP contribution is -1.91. The zero-order valence-electron chi connectivity index (χ0n) is 10.4. The molecule has 0 unspecified atom stereocenters. The SMILES string of the molecule is Cc1cccc(Oc2ncc(-c3cccs3)cn2)c1. The van der Waals surface area contributed by atoms with Crippen molar-refractivity contribution >= 4 is 11.3 Å². The molecular weight excluding hydrogens is 256 g/mol. The van der Waals surface area contributed by atoms with Gasteiger partial charge >= 0.3 is 6.01 Å². The summed E-state index contributed by atoms with van der Waals surface area (Å²) in [6.45, 7) is 2.02. The fourth-order valence-corrected chi connectivity index (χ4v) is 2.43. The third kappa shape index (κ3) is 2.80. The van der Waals surface area contributed by atoms with E-state index in [-0.39, 0.29) is 0 Å². The van der Waals surface area contributed by atoms with Crippen LogP contribution < -0.4 is 4.74 Å². The number of thiophene rings is 1. The zero-order chi connectivity index (χ0) is 13.1. The Kier molecular flexibility index (Phi) is 3.25. The van der Waals surface area contributed by atoms with E-state index in [1.165, 1.54) is 0 Å². The molecule has 0 radical (unpaired) electrons. The van der Waals surface area contributed by atoms with Crippen LogP contribution in [0.5, 0.6) is 11.8 Å². The number of aryl methyl sites for hydroxylation is 1. The average molecular weight is 268 g/mol. The third-order valence-corrected chi connectivity index (χ3v) is 3.55. The van der Waals surface area contributed by atoms with Crippen molar-refractivity contribution in [2.24, 2.45) is 0 Å². The Morgan fingerprint density at radius 2 is 1.89 bits per heavy atom. The predicted molar refractivity (Wildman–Crippen MR) is 76.6 cm³/mol. The highest BCUT2D eigenvalue weighted by Crippen LogP contribution is 2.25. The predicted octanol–water partition coefficient (Wildman–Crippen LogP) is 4.31. The summed E-state index contributed by atoms with van der Waals surface area (Å²) in [5.74, 6) is 0.754. The van der Waals surface area contributed by atoms with Crippen LogP contribution >= 0.6 is 11.3 Å². The van der Waals surface area contributed by atoms with Gasteiger partial charge in [-0.1, -0.05) is 18.2 Å². The van der Waals surface area contributed by atoms with Crippen molar-refractivity contribution in [3.8, 4) is 22.2 Å². The van der Waals surface area contributed by atoms with Crippen LogP contribution in [0.2, 0.25) is 0 Å². The van der Waals surface area contributed by atoms with Gasteiger partial charge in [0.15, 0.2) is 0 Å². The lowest BCUT2D eigenvalue weighted by atomic mass is 10.2. The molecule has 1 aromatic carbocycles. The Labute approximate surface area is 115 Å². The Hall–Kier alpha value is -2.20. The molecule has 0 aliphatic heterocycles. The average Bonchev–Trinajstić information content (AvgIpc) is 2.94. The highest BCUT2D eigenvalue weighted by Gasteiger charge is 2.03. The van der Waals surface area contributed by atoms with E-state index in [4.69, 9.17) is 4.74 Å². The van der Waals surface area contributed by atoms with Crippen LogP contribution in [-0.4, -0.2) is 9.97 Å². The maximum absolute atomic E-state index is 5.61. The largest absolute Gasteiger partial charge is 0.424 e. The van der Waals surface area contributed by atoms with Crippen molar-refractivity contribution in [3.05, 3.63) is 59.7 Å². The van der Waals surface area contributed by atoms with Crippen LogP contribution in [-0.2, 0) is 0 Å². The molecule has 0 spiro atoms. The minimum absolute atomic E-state index is 0.367. The van der Waals surface area contributed by atoms with E-state index in [1.807, 2.05) is 48.7 Å². The fourth-order valence-electron chi connectivity index (χ4n) is 1.72. The van der Waals surface area contributed by atoms with Crippen molar-refractivity contribution in [1.29, 1.82) is 0 Å². The quantitative estimate of drug-likeness (QED) is 0.710. The molecule has 0 atom stereocenters. The molecule has 0 amide bonds. The van der Waals surface area contributed by atoms with Crippen LogP contribution in [0, 0.1) is 6.92 Å². The highest BCUT2D eigenvalue weighted by atomic mass is 32.1. The first-order chi connectivity index (χ1) is 9.31. The van der Waals surface area contributed by atoms with Gasteiger partial charge in [-0.3, -0.25) is 0 Å². The number of hydrogen-bond acceptors (Lipinski definition) is 4. The molecule has 0 bridgehead atoms. The molecule has 3 aromatic rings. The summed E-state index contributed by atoms with van der Waals surface area (Å²) in [4.78, 5) is 9.62. The van der Waals surface area contributed by atoms with Gasteiger partial charge in [0.05, 0.1) is 0 Å². The van der Waals surface area contributed by atoms with E-state index >= 15 is 0 Å². The first-order valence-corrected chi connectivity index (χ1v) is 6.80. The summed E-state index contributed by atoms with van der Waals surface area (Å²) in [5, 5.41) is 2.03. The second kappa shape index (κ2) is 5.20. The van der Waals surface area contributed by atoms with Crippen LogP contribution in [0.3, 0.4) is 0 Å². The first-order valence-electron chi connectivity index (χ1n) is 5.92. The molecule has 94 valence electrons. The molecular formula is C15H12N2OS. The molecule has 19 heavy (non-hydrogen) atoms. The van der Waals surface area contributed by atoms with Gasteiger partial charge in [0.2, 0.25) is 0 Å². The molecule has 0 saturated heterocycles. The summed E-state index contributed by atoms with van der Waals surface area (Å²) >= 11 is 1.67. The summed E-state index contributed by atoms with van der Waals surface area (Å²) < 4.78 is 5.61. The maximum Gasteiger partial charge on any atom is 0.321 e. The fraction of sp³-hybridized carbons (Fsp3) is 0.0667. The van der Waals surface area contributed by atoms with E-state index in [2.05, 4.69) is 9.97 Å². The lowest BCUT2D eigenvalue weighted by molar-refractivity contribution is 0.441. The van der Waals surface area contributed by atoms with E-state index in [0.717, 1.165) is 21.8 Å². The number of aromatic nitrogens is 2. The Morgan fingerprint density at radius 3 is 2.58 bits per heavy atom. The van der Waals surface area contributed by atoms with Gasteiger partial charge in [0, 0.05) is 22.8 Å². The monoisotopic (exact) mass is 268 g/mol. The second-order valence-corrected chi connectivity index (χ2v) is 5.10. The zero-order valence-corrected chi connectivity index (χ0v) is 11.2. The molecule has 2 aromatic heterocycles. The summed E-state index contributed by atoms with van der Waals surface area (Å²) in [7, 11) is 0. The molecule has 3 nitrogen and oxygen atoms in total. The topological polar surface area (TPSA) is 35.0 Å². The van der Waals surface area contributed by atoms with Crippen molar-refractivity contribution < 1.29 is 4.74 Å². The van der Waals surface area contributed by atoms with Gasteiger partial charge in [0.25, 0.3) is 0 Å². The van der Waals surface area contributed by atoms with E-state index in [9.17, 15) is 0 Å². The van der Waals surface area contributed by atoms with Gasteiger partial charge in [-0.2, -0.15) is 0 Å². The standard InChI is InChI=1S/C15H12N2OS/c1-11-4-2-5-13(8-11)18-15-16-9-12(10-17-15)14-6-3-7-19-14/h2-10H,1H3. The maximum atomic E-state index is 5.61. The first kappa shape index (κ1) is 11.9.